The lowest BCUT2D eigenvalue weighted by Gasteiger charge is -2.04. The maximum Gasteiger partial charge on any atom is 0.0964 e. The van der Waals surface area contributed by atoms with E-state index < -0.39 is 0 Å². The van der Waals surface area contributed by atoms with Crippen molar-refractivity contribution >= 4 is 11.3 Å². The highest BCUT2D eigenvalue weighted by Gasteiger charge is 2.02. The second-order valence-corrected chi connectivity index (χ2v) is 5.13. The van der Waals surface area contributed by atoms with E-state index in [2.05, 4.69) is 34.5 Å². The van der Waals surface area contributed by atoms with Gasteiger partial charge in [-0.05, 0) is 12.5 Å². The number of nitrogens with zero attached hydrogens (tertiary/aromatic N) is 4. The van der Waals surface area contributed by atoms with Crippen LogP contribution in [0.15, 0.2) is 17.1 Å². The lowest BCUT2D eigenvalue weighted by atomic mass is 10.2. The Balaban J connectivity index is 1.83. The Kier molecular flexibility index (Phi) is 4.22. The first-order chi connectivity index (χ1) is 8.24. The van der Waals surface area contributed by atoms with E-state index in [9.17, 15) is 0 Å². The fraction of sp³-hybridized carbons (Fsp3) is 0.545. The standard InChI is InChI=1S/C11H17N5S/c1-9(2)3-12-4-10-5-16(15-14-10)6-11-7-17-8-13-11/h5,7-9,12H,3-4,6H2,1-2H3. The van der Waals surface area contributed by atoms with Crippen molar-refractivity contribution in [2.45, 2.75) is 26.9 Å². The molecule has 2 aromatic rings. The highest BCUT2D eigenvalue weighted by molar-refractivity contribution is 7.07. The molecule has 0 fully saturated rings. The molecule has 17 heavy (non-hydrogen) atoms. The minimum Gasteiger partial charge on any atom is -0.311 e. The average Bonchev–Trinajstić information content (AvgIpc) is 2.90. The van der Waals surface area contributed by atoms with E-state index in [0.717, 1.165) is 24.5 Å². The smallest absolute Gasteiger partial charge is 0.0964 e. The van der Waals surface area contributed by atoms with Crippen molar-refractivity contribution in [3.63, 3.8) is 0 Å². The van der Waals surface area contributed by atoms with Gasteiger partial charge < -0.3 is 5.32 Å². The summed E-state index contributed by atoms with van der Waals surface area (Å²) in [5, 5.41) is 13.6. The molecule has 0 saturated carbocycles. The van der Waals surface area contributed by atoms with Gasteiger partial charge in [0.2, 0.25) is 0 Å². The Bertz CT molecular complexity index is 434. The third-order valence-corrected chi connectivity index (χ3v) is 2.89. The van der Waals surface area contributed by atoms with Crippen LogP contribution in [0, 0.1) is 5.92 Å². The maximum absolute atomic E-state index is 4.22. The van der Waals surface area contributed by atoms with Gasteiger partial charge in [0.15, 0.2) is 0 Å². The molecule has 1 N–H and O–H groups in total. The molecule has 2 rings (SSSR count). The van der Waals surface area contributed by atoms with E-state index in [1.807, 2.05) is 21.8 Å². The first-order valence-electron chi connectivity index (χ1n) is 5.71. The van der Waals surface area contributed by atoms with Crippen molar-refractivity contribution in [3.05, 3.63) is 28.5 Å². The van der Waals surface area contributed by atoms with Gasteiger partial charge >= 0.3 is 0 Å². The molecule has 0 radical (unpaired) electrons. The Labute approximate surface area is 105 Å². The third kappa shape index (κ3) is 3.90. The van der Waals surface area contributed by atoms with Crippen LogP contribution in [0.1, 0.15) is 25.2 Å². The van der Waals surface area contributed by atoms with Crippen LogP contribution < -0.4 is 5.32 Å². The van der Waals surface area contributed by atoms with Crippen LogP contribution in [0.2, 0.25) is 0 Å². The number of aromatic nitrogens is 4. The van der Waals surface area contributed by atoms with E-state index in [1.165, 1.54) is 0 Å². The van der Waals surface area contributed by atoms with Crippen LogP contribution >= 0.6 is 11.3 Å². The van der Waals surface area contributed by atoms with Crippen LogP contribution in [0.25, 0.3) is 0 Å². The minimum atomic E-state index is 0.653. The van der Waals surface area contributed by atoms with E-state index in [1.54, 1.807) is 11.3 Å². The van der Waals surface area contributed by atoms with Gasteiger partial charge in [-0.2, -0.15) is 0 Å². The lowest BCUT2D eigenvalue weighted by Crippen LogP contribution is -2.19. The molecule has 0 atom stereocenters. The van der Waals surface area contributed by atoms with Crippen molar-refractivity contribution in [1.82, 2.24) is 25.3 Å². The summed E-state index contributed by atoms with van der Waals surface area (Å²) in [6.07, 6.45) is 1.96. The second-order valence-electron chi connectivity index (χ2n) is 4.41. The quantitative estimate of drug-likeness (QED) is 0.846. The average molecular weight is 251 g/mol. The highest BCUT2D eigenvalue weighted by atomic mass is 32.1. The molecular weight excluding hydrogens is 234 g/mol. The summed E-state index contributed by atoms with van der Waals surface area (Å²) in [4.78, 5) is 4.22. The third-order valence-electron chi connectivity index (χ3n) is 2.25. The Hall–Kier alpha value is -1.27. The van der Waals surface area contributed by atoms with Crippen molar-refractivity contribution < 1.29 is 0 Å². The van der Waals surface area contributed by atoms with Gasteiger partial charge in [0.1, 0.15) is 0 Å². The van der Waals surface area contributed by atoms with Crippen LogP contribution in [-0.4, -0.2) is 26.5 Å². The molecule has 92 valence electrons. The van der Waals surface area contributed by atoms with Crippen molar-refractivity contribution in [2.75, 3.05) is 6.54 Å². The Morgan fingerprint density at radius 2 is 2.29 bits per heavy atom. The summed E-state index contributed by atoms with van der Waals surface area (Å²) in [5.41, 5.74) is 3.83. The van der Waals surface area contributed by atoms with Crippen LogP contribution in [0.5, 0.6) is 0 Å². The topological polar surface area (TPSA) is 55.6 Å². The maximum atomic E-state index is 4.22. The van der Waals surface area contributed by atoms with Gasteiger partial charge in [-0.3, -0.25) is 0 Å². The fourth-order valence-electron chi connectivity index (χ4n) is 1.47. The molecule has 0 aliphatic rings. The number of hydrogen-bond acceptors (Lipinski definition) is 5. The van der Waals surface area contributed by atoms with E-state index in [-0.39, 0.29) is 0 Å². The van der Waals surface area contributed by atoms with E-state index in [4.69, 9.17) is 0 Å². The van der Waals surface area contributed by atoms with E-state index in [0.29, 0.717) is 12.5 Å². The molecule has 0 aromatic carbocycles. The largest absolute Gasteiger partial charge is 0.311 e. The van der Waals surface area contributed by atoms with Crippen LogP contribution in [-0.2, 0) is 13.1 Å². The van der Waals surface area contributed by atoms with Gasteiger partial charge in [0.05, 0.1) is 29.6 Å². The summed E-state index contributed by atoms with van der Waals surface area (Å²) < 4.78 is 1.82. The molecule has 0 unspecified atom stereocenters. The molecule has 0 amide bonds. The fourth-order valence-corrected chi connectivity index (χ4v) is 2.02. The molecule has 0 bridgehead atoms. The number of rotatable bonds is 6. The lowest BCUT2D eigenvalue weighted by molar-refractivity contribution is 0.548. The summed E-state index contributed by atoms with van der Waals surface area (Å²) in [6.45, 7) is 6.84. The molecule has 6 heteroatoms. The zero-order valence-corrected chi connectivity index (χ0v) is 10.9. The molecule has 5 nitrogen and oxygen atoms in total. The van der Waals surface area contributed by atoms with Crippen LogP contribution in [0.4, 0.5) is 0 Å². The zero-order chi connectivity index (χ0) is 12.1. The molecule has 0 saturated heterocycles. The summed E-state index contributed by atoms with van der Waals surface area (Å²) >= 11 is 1.60. The molecule has 2 heterocycles. The molecular formula is C11H17N5S. The van der Waals surface area contributed by atoms with Crippen molar-refractivity contribution in [2.24, 2.45) is 5.92 Å². The number of hydrogen-bond donors (Lipinski definition) is 1. The number of thiazole rings is 1. The van der Waals surface area contributed by atoms with Gasteiger partial charge in [0, 0.05) is 11.9 Å². The monoisotopic (exact) mass is 251 g/mol. The van der Waals surface area contributed by atoms with Crippen molar-refractivity contribution in [3.8, 4) is 0 Å². The van der Waals surface area contributed by atoms with Gasteiger partial charge in [-0.1, -0.05) is 19.1 Å². The Morgan fingerprint density at radius 1 is 1.41 bits per heavy atom. The predicted molar refractivity (Wildman–Crippen MR) is 67.8 cm³/mol. The zero-order valence-electron chi connectivity index (χ0n) is 10.1. The predicted octanol–water partition coefficient (Wildman–Crippen LogP) is 1.53. The minimum absolute atomic E-state index is 0.653. The van der Waals surface area contributed by atoms with Gasteiger partial charge in [-0.15, -0.1) is 16.4 Å². The normalized spacial score (nSPS) is 11.2. The van der Waals surface area contributed by atoms with Gasteiger partial charge in [0.25, 0.3) is 0 Å². The molecule has 0 aliphatic heterocycles. The number of nitrogens with one attached hydrogen (secondary N) is 1. The first kappa shape index (κ1) is 12.2. The summed E-state index contributed by atoms with van der Waals surface area (Å²) in [7, 11) is 0. The van der Waals surface area contributed by atoms with Crippen molar-refractivity contribution in [1.29, 1.82) is 0 Å². The molecule has 0 spiro atoms. The molecule has 2 aromatic heterocycles. The summed E-state index contributed by atoms with van der Waals surface area (Å²) in [6, 6.07) is 0. The second kappa shape index (κ2) is 5.88. The Morgan fingerprint density at radius 3 is 3.00 bits per heavy atom. The molecule has 0 aliphatic carbocycles. The van der Waals surface area contributed by atoms with E-state index >= 15 is 0 Å². The van der Waals surface area contributed by atoms with Gasteiger partial charge in [-0.25, -0.2) is 9.67 Å². The first-order valence-corrected chi connectivity index (χ1v) is 6.65. The SMILES string of the molecule is CC(C)CNCc1cn(Cc2cscn2)nn1. The van der Waals surface area contributed by atoms with Crippen LogP contribution in [0.3, 0.4) is 0 Å². The summed E-state index contributed by atoms with van der Waals surface area (Å²) in [5.74, 6) is 0.653. The highest BCUT2D eigenvalue weighted by Crippen LogP contribution is 2.03.